The third kappa shape index (κ3) is 8.17. The van der Waals surface area contributed by atoms with E-state index in [0.717, 1.165) is 45.3 Å². The van der Waals surface area contributed by atoms with Crippen molar-refractivity contribution < 1.29 is 8.78 Å². The summed E-state index contributed by atoms with van der Waals surface area (Å²) in [6.07, 6.45) is 0. The van der Waals surface area contributed by atoms with Crippen LogP contribution in [-0.4, -0.2) is 0 Å². The van der Waals surface area contributed by atoms with E-state index in [2.05, 4.69) is 216 Å². The molecule has 2 aromatic heterocycles. The van der Waals surface area contributed by atoms with E-state index in [0.29, 0.717) is 11.4 Å². The summed E-state index contributed by atoms with van der Waals surface area (Å²) in [5, 5.41) is 23.0. The van der Waals surface area contributed by atoms with Gasteiger partial charge in [-0.1, -0.05) is 206 Å². The van der Waals surface area contributed by atoms with E-state index in [1.54, 1.807) is 46.9 Å². The van der Waals surface area contributed by atoms with E-state index in [1.807, 2.05) is 42.5 Å². The molecule has 0 atom stereocenters. The SMILES string of the molecule is Brc1ccc2ccc3c(Br)ccc4ccc1c2c43.Fc1ccccc1N(c1ccc2ccc3c(Br)ccc4ccc1c2c43)c1cccc2c1sc1ccccc12.Fc1ccccc1Nc1cccc2c1sc1ccccc12. The Labute approximate surface area is 474 Å². The number of halogens is 5. The van der Waals surface area contributed by atoms with Crippen molar-refractivity contribution >= 4 is 204 Å². The van der Waals surface area contributed by atoms with Gasteiger partial charge in [0.05, 0.1) is 37.8 Å². The topological polar surface area (TPSA) is 15.3 Å². The van der Waals surface area contributed by atoms with Crippen molar-refractivity contribution in [3.8, 4) is 0 Å². The van der Waals surface area contributed by atoms with E-state index in [4.69, 9.17) is 0 Å². The zero-order valence-electron chi connectivity index (χ0n) is 40.6. The number of rotatable bonds is 5. The second-order valence-electron chi connectivity index (χ2n) is 19.0. The van der Waals surface area contributed by atoms with Crippen LogP contribution in [0.1, 0.15) is 0 Å². The minimum Gasteiger partial charge on any atom is -0.352 e. The smallest absolute Gasteiger partial charge is 0.147 e. The van der Waals surface area contributed by atoms with E-state index >= 15 is 4.39 Å². The van der Waals surface area contributed by atoms with E-state index in [1.165, 1.54) is 96.3 Å². The molecule has 0 radical (unpaired) electrons. The third-order valence-corrected chi connectivity index (χ3v) is 19.2. The normalized spacial score (nSPS) is 11.7. The molecule has 0 saturated carbocycles. The third-order valence-electron chi connectivity index (χ3n) is 14.7. The Kier molecular flexibility index (Phi) is 12.1. The minimum atomic E-state index is -0.251. The summed E-state index contributed by atoms with van der Waals surface area (Å²) in [7, 11) is 0. The second kappa shape index (κ2) is 19.5. The molecular formula is C68H39Br3F2N2S2. The first-order valence-electron chi connectivity index (χ1n) is 25.0. The van der Waals surface area contributed by atoms with Crippen molar-refractivity contribution in [3.63, 3.8) is 0 Å². The van der Waals surface area contributed by atoms with Crippen molar-refractivity contribution in [2.45, 2.75) is 0 Å². The molecule has 368 valence electrons. The Morgan fingerprint density at radius 3 is 1.27 bits per heavy atom. The lowest BCUT2D eigenvalue weighted by atomic mass is 9.93. The van der Waals surface area contributed by atoms with Crippen LogP contribution >= 0.6 is 70.5 Å². The standard InChI is InChI=1S/C34H19BrFNS.C18H12FNS.C16H8Br2/c35-26-18-14-20-13-17-25-28(19-15-21-12-16-24(26)32(20)33(21)25)37(29-9-3-2-8-27(29)36)30-10-5-7-23-22-6-1-4-11-31(22)38-34(23)30;19-14-8-2-3-9-15(14)20-16-10-5-7-13-12-6-1-4-11-17(12)21-18(13)16;17-13-8-4-10-2-6-12-14(18)7-3-9-1-5-11(13)16(10)15(9)12/h1-19H;1-11,20H;1-8H. The largest absolute Gasteiger partial charge is 0.352 e. The molecule has 16 aromatic rings. The first-order chi connectivity index (χ1) is 37.8. The molecule has 0 spiro atoms. The van der Waals surface area contributed by atoms with E-state index < -0.39 is 0 Å². The molecular weight excluding hydrogens is 1190 g/mol. The van der Waals surface area contributed by atoms with Gasteiger partial charge in [0.1, 0.15) is 11.6 Å². The first-order valence-corrected chi connectivity index (χ1v) is 29.0. The number of nitrogens with one attached hydrogen (secondary N) is 1. The number of benzene rings is 14. The van der Waals surface area contributed by atoms with Gasteiger partial charge in [0.2, 0.25) is 0 Å². The lowest BCUT2D eigenvalue weighted by molar-refractivity contribution is 0.629. The molecule has 16 rings (SSSR count). The number of fused-ring (bicyclic) bond motifs is 6. The van der Waals surface area contributed by atoms with Crippen LogP contribution in [0.2, 0.25) is 0 Å². The van der Waals surface area contributed by atoms with Gasteiger partial charge in [0, 0.05) is 49.7 Å². The summed E-state index contributed by atoms with van der Waals surface area (Å²) in [5.74, 6) is -0.491. The van der Waals surface area contributed by atoms with Crippen molar-refractivity contribution in [2.75, 3.05) is 10.2 Å². The van der Waals surface area contributed by atoms with Crippen LogP contribution in [0.15, 0.2) is 244 Å². The van der Waals surface area contributed by atoms with Crippen LogP contribution in [0.5, 0.6) is 0 Å². The van der Waals surface area contributed by atoms with Gasteiger partial charge in [-0.05, 0) is 132 Å². The van der Waals surface area contributed by atoms with Gasteiger partial charge in [-0.15, -0.1) is 22.7 Å². The number of thiophene rings is 2. The molecule has 77 heavy (non-hydrogen) atoms. The predicted octanol–water partition coefficient (Wildman–Crippen LogP) is 23.4. The zero-order valence-corrected chi connectivity index (χ0v) is 47.0. The summed E-state index contributed by atoms with van der Waals surface area (Å²) in [4.78, 5) is 2.11. The molecule has 0 aliphatic heterocycles. The quantitative estimate of drug-likeness (QED) is 0.173. The first kappa shape index (κ1) is 47.9. The van der Waals surface area contributed by atoms with Crippen LogP contribution < -0.4 is 10.2 Å². The van der Waals surface area contributed by atoms with Crippen LogP contribution in [0, 0.1) is 11.6 Å². The van der Waals surface area contributed by atoms with E-state index in [-0.39, 0.29) is 11.6 Å². The molecule has 2 heterocycles. The summed E-state index contributed by atoms with van der Waals surface area (Å²) >= 11 is 14.5. The highest BCUT2D eigenvalue weighted by atomic mass is 79.9. The van der Waals surface area contributed by atoms with Gasteiger partial charge in [0.25, 0.3) is 0 Å². The van der Waals surface area contributed by atoms with Crippen molar-refractivity contribution in [1.29, 1.82) is 0 Å². The Morgan fingerprint density at radius 1 is 0.299 bits per heavy atom. The zero-order chi connectivity index (χ0) is 51.9. The van der Waals surface area contributed by atoms with Gasteiger partial charge >= 0.3 is 0 Å². The number of anilines is 5. The molecule has 0 aliphatic rings. The summed E-state index contributed by atoms with van der Waals surface area (Å²) < 4.78 is 37.6. The Hall–Kier alpha value is -7.50. The molecule has 9 heteroatoms. The molecule has 0 saturated heterocycles. The predicted molar refractivity (Wildman–Crippen MR) is 340 cm³/mol. The minimum absolute atomic E-state index is 0.240. The molecule has 2 nitrogen and oxygen atoms in total. The monoisotopic (exact) mass is 1220 g/mol. The summed E-state index contributed by atoms with van der Waals surface area (Å²) in [6, 6.07) is 77.7. The van der Waals surface area contributed by atoms with Gasteiger partial charge in [0.15, 0.2) is 0 Å². The Balaban J connectivity index is 0.000000116. The fourth-order valence-electron chi connectivity index (χ4n) is 11.2. The van der Waals surface area contributed by atoms with Crippen molar-refractivity contribution in [1.82, 2.24) is 0 Å². The van der Waals surface area contributed by atoms with Crippen molar-refractivity contribution in [2.24, 2.45) is 0 Å². The van der Waals surface area contributed by atoms with Gasteiger partial charge in [-0.3, -0.25) is 0 Å². The number of hydrogen-bond acceptors (Lipinski definition) is 4. The molecule has 0 amide bonds. The number of nitrogens with zero attached hydrogens (tertiary/aromatic N) is 1. The van der Waals surface area contributed by atoms with Crippen LogP contribution in [0.4, 0.5) is 37.2 Å². The number of hydrogen-bond donors (Lipinski definition) is 1. The molecule has 0 fully saturated rings. The summed E-state index contributed by atoms with van der Waals surface area (Å²) in [6.45, 7) is 0. The highest BCUT2D eigenvalue weighted by Gasteiger charge is 2.24. The summed E-state index contributed by atoms with van der Waals surface area (Å²) in [5.41, 5.74) is 3.92. The molecule has 0 aliphatic carbocycles. The van der Waals surface area contributed by atoms with Gasteiger partial charge in [-0.25, -0.2) is 8.78 Å². The second-order valence-corrected chi connectivity index (χ2v) is 23.7. The highest BCUT2D eigenvalue weighted by Crippen LogP contribution is 2.49. The van der Waals surface area contributed by atoms with Crippen LogP contribution in [0.3, 0.4) is 0 Å². The Morgan fingerprint density at radius 2 is 0.701 bits per heavy atom. The molecule has 0 unspecified atom stereocenters. The maximum atomic E-state index is 15.6. The van der Waals surface area contributed by atoms with Crippen molar-refractivity contribution in [3.05, 3.63) is 256 Å². The van der Waals surface area contributed by atoms with Gasteiger partial charge in [-0.2, -0.15) is 0 Å². The maximum Gasteiger partial charge on any atom is 0.147 e. The van der Waals surface area contributed by atoms with Crippen LogP contribution in [-0.2, 0) is 0 Å². The number of para-hydroxylation sites is 2. The van der Waals surface area contributed by atoms with E-state index in [9.17, 15) is 4.39 Å². The fraction of sp³-hybridized carbons (Fsp3) is 0. The lowest BCUT2D eigenvalue weighted by Gasteiger charge is -2.28. The molecule has 0 bridgehead atoms. The average molecular weight is 1230 g/mol. The molecule has 1 N–H and O–H groups in total. The molecule has 14 aromatic carbocycles. The van der Waals surface area contributed by atoms with Crippen LogP contribution in [0.25, 0.3) is 105 Å². The lowest BCUT2D eigenvalue weighted by Crippen LogP contribution is -2.12. The fourth-order valence-corrected chi connectivity index (χ4v) is 14.9. The maximum absolute atomic E-state index is 15.6. The van der Waals surface area contributed by atoms with Gasteiger partial charge < -0.3 is 10.2 Å². The highest BCUT2D eigenvalue weighted by molar-refractivity contribution is 9.11. The average Bonchev–Trinajstić information content (AvgIpc) is 4.09. The Bertz CT molecular complexity index is 4880.